The molecule has 1 saturated heterocycles. The zero-order valence-electron chi connectivity index (χ0n) is 11.6. The first-order valence-corrected chi connectivity index (χ1v) is 6.91. The molecule has 104 valence electrons. The zero-order chi connectivity index (χ0) is 14.2. The van der Waals surface area contributed by atoms with Crippen molar-refractivity contribution in [1.29, 1.82) is 0 Å². The van der Waals surface area contributed by atoms with Gasteiger partial charge in [-0.1, -0.05) is 12.2 Å². The third kappa shape index (κ3) is 2.63. The second-order valence-corrected chi connectivity index (χ2v) is 5.63. The normalized spacial score (nSPS) is 19.5. The van der Waals surface area contributed by atoms with Crippen LogP contribution < -0.4 is 5.73 Å². The molecule has 2 rings (SSSR count). The maximum absolute atomic E-state index is 12.6. The average molecular weight is 280 g/mol. The molecule has 0 aliphatic carbocycles. The number of piperidine rings is 1. The van der Waals surface area contributed by atoms with E-state index in [1.54, 1.807) is 4.68 Å². The Morgan fingerprint density at radius 3 is 2.68 bits per heavy atom. The summed E-state index contributed by atoms with van der Waals surface area (Å²) < 4.78 is 1.75. The molecule has 0 aromatic carbocycles. The Morgan fingerprint density at radius 2 is 2.16 bits per heavy atom. The molecule has 2 N–H and O–H groups in total. The second-order valence-electron chi connectivity index (χ2n) is 5.16. The SMILES string of the molecule is Cc1nn(C)c(C)c1C(=O)N1CCCC(C(N)=S)C1. The van der Waals surface area contributed by atoms with Crippen molar-refractivity contribution in [3.63, 3.8) is 0 Å². The summed E-state index contributed by atoms with van der Waals surface area (Å²) >= 11 is 5.05. The van der Waals surface area contributed by atoms with Gasteiger partial charge in [0.2, 0.25) is 0 Å². The number of likely N-dealkylation sites (tertiary alicyclic amines) is 1. The number of aromatic nitrogens is 2. The predicted octanol–water partition coefficient (Wildman–Crippen LogP) is 1.18. The van der Waals surface area contributed by atoms with Crippen molar-refractivity contribution >= 4 is 23.1 Å². The summed E-state index contributed by atoms with van der Waals surface area (Å²) in [4.78, 5) is 15.0. The van der Waals surface area contributed by atoms with E-state index in [0.717, 1.165) is 30.8 Å². The minimum atomic E-state index is 0.0454. The van der Waals surface area contributed by atoms with Crippen LogP contribution in [0.3, 0.4) is 0 Å². The molecule has 2 heterocycles. The van der Waals surface area contributed by atoms with Gasteiger partial charge >= 0.3 is 0 Å². The van der Waals surface area contributed by atoms with Gasteiger partial charge in [-0.15, -0.1) is 0 Å². The van der Waals surface area contributed by atoms with Crippen LogP contribution >= 0.6 is 12.2 Å². The molecule has 1 fully saturated rings. The molecule has 1 aliphatic rings. The van der Waals surface area contributed by atoms with Gasteiger partial charge in [0.05, 0.1) is 16.2 Å². The van der Waals surface area contributed by atoms with Crippen molar-refractivity contribution in [2.75, 3.05) is 13.1 Å². The van der Waals surface area contributed by atoms with Crippen LogP contribution in [0.25, 0.3) is 0 Å². The van der Waals surface area contributed by atoms with E-state index < -0.39 is 0 Å². The predicted molar refractivity (Wildman–Crippen MR) is 78.1 cm³/mol. The number of aryl methyl sites for hydroxylation is 2. The molecule has 0 saturated carbocycles. The molecule has 1 aromatic heterocycles. The van der Waals surface area contributed by atoms with Crippen molar-refractivity contribution in [1.82, 2.24) is 14.7 Å². The van der Waals surface area contributed by atoms with Gasteiger partial charge in [0, 0.05) is 31.7 Å². The standard InChI is InChI=1S/C13H20N4OS/c1-8-11(9(2)16(3)15-8)13(18)17-6-4-5-10(7-17)12(14)19/h10H,4-7H2,1-3H3,(H2,14,19). The summed E-state index contributed by atoms with van der Waals surface area (Å²) in [5.41, 5.74) is 8.11. The van der Waals surface area contributed by atoms with Crippen LogP contribution in [0.1, 0.15) is 34.6 Å². The van der Waals surface area contributed by atoms with Crippen LogP contribution in [0.2, 0.25) is 0 Å². The number of hydrogen-bond donors (Lipinski definition) is 1. The van der Waals surface area contributed by atoms with E-state index in [4.69, 9.17) is 18.0 Å². The molecule has 0 spiro atoms. The summed E-state index contributed by atoms with van der Waals surface area (Å²) in [5.74, 6) is 0.189. The monoisotopic (exact) mass is 280 g/mol. The summed E-state index contributed by atoms with van der Waals surface area (Å²) in [6, 6.07) is 0. The lowest BCUT2D eigenvalue weighted by Crippen LogP contribution is -2.43. The smallest absolute Gasteiger partial charge is 0.257 e. The Hall–Kier alpha value is -1.43. The number of hydrogen-bond acceptors (Lipinski definition) is 3. The second kappa shape index (κ2) is 5.28. The molecule has 1 atom stereocenters. The average Bonchev–Trinajstić information content (AvgIpc) is 2.62. The maximum atomic E-state index is 12.6. The molecule has 1 unspecified atom stereocenters. The van der Waals surface area contributed by atoms with Gasteiger partial charge in [-0.2, -0.15) is 5.10 Å². The Bertz CT molecular complexity index is 523. The number of carbonyl (C=O) groups excluding carboxylic acids is 1. The van der Waals surface area contributed by atoms with Gasteiger partial charge in [-0.3, -0.25) is 9.48 Å². The van der Waals surface area contributed by atoms with Gasteiger partial charge in [0.25, 0.3) is 5.91 Å². The lowest BCUT2D eigenvalue weighted by atomic mass is 9.97. The molecule has 1 aliphatic heterocycles. The highest BCUT2D eigenvalue weighted by Crippen LogP contribution is 2.21. The molecular weight excluding hydrogens is 260 g/mol. The fraction of sp³-hybridized carbons (Fsp3) is 0.615. The highest BCUT2D eigenvalue weighted by Gasteiger charge is 2.28. The first kappa shape index (κ1) is 14.0. The zero-order valence-corrected chi connectivity index (χ0v) is 12.5. The molecule has 19 heavy (non-hydrogen) atoms. The first-order chi connectivity index (χ1) is 8.91. The van der Waals surface area contributed by atoms with Gasteiger partial charge in [-0.05, 0) is 26.7 Å². The number of thiocarbonyl (C=S) groups is 1. The van der Waals surface area contributed by atoms with Crippen LogP contribution in [0.4, 0.5) is 0 Å². The fourth-order valence-corrected chi connectivity index (χ4v) is 2.83. The molecule has 1 amide bonds. The van der Waals surface area contributed by atoms with Crippen molar-refractivity contribution in [3.8, 4) is 0 Å². The minimum Gasteiger partial charge on any atom is -0.393 e. The largest absolute Gasteiger partial charge is 0.393 e. The summed E-state index contributed by atoms with van der Waals surface area (Å²) in [7, 11) is 1.85. The third-order valence-electron chi connectivity index (χ3n) is 3.83. The van der Waals surface area contributed by atoms with E-state index in [9.17, 15) is 4.79 Å². The van der Waals surface area contributed by atoms with Crippen molar-refractivity contribution in [3.05, 3.63) is 17.0 Å². The number of nitrogens with zero attached hydrogens (tertiary/aromatic N) is 3. The maximum Gasteiger partial charge on any atom is 0.257 e. The summed E-state index contributed by atoms with van der Waals surface area (Å²) in [6.45, 7) is 5.19. The van der Waals surface area contributed by atoms with Gasteiger partial charge < -0.3 is 10.6 Å². The number of rotatable bonds is 2. The van der Waals surface area contributed by atoms with E-state index in [1.807, 2.05) is 25.8 Å². The fourth-order valence-electron chi connectivity index (χ4n) is 2.64. The Labute approximate surface area is 118 Å². The molecule has 1 aromatic rings. The van der Waals surface area contributed by atoms with Crippen LogP contribution in [-0.4, -0.2) is 38.7 Å². The molecule has 5 nitrogen and oxygen atoms in total. The quantitative estimate of drug-likeness (QED) is 0.826. The van der Waals surface area contributed by atoms with Crippen LogP contribution in [0.15, 0.2) is 0 Å². The first-order valence-electron chi connectivity index (χ1n) is 6.50. The van der Waals surface area contributed by atoms with Crippen molar-refractivity contribution < 1.29 is 4.79 Å². The van der Waals surface area contributed by atoms with Crippen LogP contribution in [-0.2, 0) is 7.05 Å². The Balaban J connectivity index is 2.22. The van der Waals surface area contributed by atoms with E-state index in [-0.39, 0.29) is 11.8 Å². The summed E-state index contributed by atoms with van der Waals surface area (Å²) in [5, 5.41) is 4.30. The van der Waals surface area contributed by atoms with E-state index in [2.05, 4.69) is 5.10 Å². The highest BCUT2D eigenvalue weighted by molar-refractivity contribution is 7.80. The number of amides is 1. The van der Waals surface area contributed by atoms with E-state index in [0.29, 0.717) is 17.1 Å². The van der Waals surface area contributed by atoms with E-state index >= 15 is 0 Å². The van der Waals surface area contributed by atoms with Gasteiger partial charge in [-0.25, -0.2) is 0 Å². The molecule has 0 radical (unpaired) electrons. The minimum absolute atomic E-state index is 0.0454. The number of carbonyl (C=O) groups is 1. The molecule has 6 heteroatoms. The van der Waals surface area contributed by atoms with Gasteiger partial charge in [0.1, 0.15) is 0 Å². The third-order valence-corrected chi connectivity index (χ3v) is 4.17. The Morgan fingerprint density at radius 1 is 1.47 bits per heavy atom. The number of nitrogens with two attached hydrogens (primary N) is 1. The van der Waals surface area contributed by atoms with Crippen molar-refractivity contribution in [2.45, 2.75) is 26.7 Å². The van der Waals surface area contributed by atoms with Crippen LogP contribution in [0, 0.1) is 19.8 Å². The lowest BCUT2D eigenvalue weighted by Gasteiger charge is -2.32. The van der Waals surface area contributed by atoms with Crippen LogP contribution in [0.5, 0.6) is 0 Å². The molecule has 0 bridgehead atoms. The summed E-state index contributed by atoms with van der Waals surface area (Å²) in [6.07, 6.45) is 1.93. The van der Waals surface area contributed by atoms with Gasteiger partial charge in [0.15, 0.2) is 0 Å². The highest BCUT2D eigenvalue weighted by atomic mass is 32.1. The topological polar surface area (TPSA) is 64.2 Å². The van der Waals surface area contributed by atoms with E-state index in [1.165, 1.54) is 0 Å². The molecular formula is C13H20N4OS. The van der Waals surface area contributed by atoms with Crippen molar-refractivity contribution in [2.24, 2.45) is 18.7 Å². The lowest BCUT2D eigenvalue weighted by molar-refractivity contribution is 0.0702. The Kier molecular flexibility index (Phi) is 3.89.